The van der Waals surface area contributed by atoms with Crippen LogP contribution in [0.1, 0.15) is 25.0 Å². The first-order valence-corrected chi connectivity index (χ1v) is 10.2. The number of anilines is 2. The second-order valence-corrected chi connectivity index (χ2v) is 8.14. The number of nitrogens with zero attached hydrogens (tertiary/aromatic N) is 1. The van der Waals surface area contributed by atoms with Crippen molar-refractivity contribution in [2.24, 2.45) is 0 Å². The van der Waals surface area contributed by atoms with Crippen LogP contribution in [0.15, 0.2) is 36.4 Å². The fraction of sp³-hybridized carbons (Fsp3) is 0.316. The van der Waals surface area contributed by atoms with E-state index in [1.807, 2.05) is 32.0 Å². The first-order valence-electron chi connectivity index (χ1n) is 8.40. The number of para-hydroxylation sites is 1. The summed E-state index contributed by atoms with van der Waals surface area (Å²) in [5, 5.41) is 2.76. The summed E-state index contributed by atoms with van der Waals surface area (Å²) in [7, 11) is -3.93. The molecule has 5 nitrogen and oxygen atoms in total. The highest BCUT2D eigenvalue weighted by molar-refractivity contribution is 7.92. The molecule has 2 aromatic rings. The lowest BCUT2D eigenvalue weighted by Crippen LogP contribution is -2.45. The van der Waals surface area contributed by atoms with Gasteiger partial charge in [0, 0.05) is 11.8 Å². The van der Waals surface area contributed by atoms with Crippen LogP contribution < -0.4 is 9.62 Å². The number of hydrogen-bond acceptors (Lipinski definition) is 3. The summed E-state index contributed by atoms with van der Waals surface area (Å²) in [5.41, 5.74) is 2.25. The van der Waals surface area contributed by atoms with E-state index in [0.29, 0.717) is 12.1 Å². The molecular weight excluding hydrogens is 374 g/mol. The summed E-state index contributed by atoms with van der Waals surface area (Å²) in [6, 6.07) is 7.11. The first-order chi connectivity index (χ1) is 12.6. The van der Waals surface area contributed by atoms with Crippen molar-refractivity contribution in [3.63, 3.8) is 0 Å². The minimum Gasteiger partial charge on any atom is -0.324 e. The molecule has 0 spiro atoms. The highest BCUT2D eigenvalue weighted by atomic mass is 32.2. The summed E-state index contributed by atoms with van der Waals surface area (Å²) >= 11 is 0. The van der Waals surface area contributed by atoms with E-state index in [4.69, 9.17) is 0 Å². The van der Waals surface area contributed by atoms with E-state index in [1.165, 1.54) is 6.92 Å². The van der Waals surface area contributed by atoms with Gasteiger partial charge in [0.05, 0.1) is 11.9 Å². The first kappa shape index (κ1) is 20.8. The number of hydrogen-bond donors (Lipinski definition) is 1. The van der Waals surface area contributed by atoms with Crippen molar-refractivity contribution in [2.45, 2.75) is 33.2 Å². The van der Waals surface area contributed by atoms with Crippen molar-refractivity contribution in [3.8, 4) is 0 Å². The molecule has 1 N–H and O–H groups in total. The van der Waals surface area contributed by atoms with E-state index in [0.717, 1.165) is 39.9 Å². The Kier molecular flexibility index (Phi) is 6.20. The van der Waals surface area contributed by atoms with Gasteiger partial charge in [0.15, 0.2) is 11.6 Å². The zero-order valence-electron chi connectivity index (χ0n) is 15.6. The Bertz CT molecular complexity index is 961. The molecule has 2 aromatic carbocycles. The third-order valence-corrected chi connectivity index (χ3v) is 5.48. The minimum absolute atomic E-state index is 0.125. The highest BCUT2D eigenvalue weighted by Gasteiger charge is 2.30. The van der Waals surface area contributed by atoms with Gasteiger partial charge in [0.1, 0.15) is 6.04 Å². The topological polar surface area (TPSA) is 66.5 Å². The SMILES string of the molecule is CCc1cccc(C)c1NC(=O)[C@H](C)N(c1ccc(F)c(F)c1)S(C)(=O)=O. The Labute approximate surface area is 158 Å². The number of benzene rings is 2. The molecule has 2 rings (SSSR count). The van der Waals surface area contributed by atoms with Gasteiger partial charge >= 0.3 is 0 Å². The van der Waals surface area contributed by atoms with Crippen LogP contribution in [-0.2, 0) is 21.2 Å². The van der Waals surface area contributed by atoms with E-state index < -0.39 is 33.6 Å². The molecule has 0 radical (unpaired) electrons. The molecule has 0 aromatic heterocycles. The van der Waals surface area contributed by atoms with Crippen molar-refractivity contribution in [3.05, 3.63) is 59.2 Å². The number of carbonyl (C=O) groups excluding carboxylic acids is 1. The molecule has 0 heterocycles. The standard InChI is InChI=1S/C19H22F2N2O3S/c1-5-14-8-6-7-12(2)18(14)22-19(24)13(3)23(27(4,25)26)15-9-10-16(20)17(21)11-15/h6-11,13H,5H2,1-4H3,(H,22,24)/t13-/m0/s1. The Morgan fingerprint density at radius 3 is 2.41 bits per heavy atom. The van der Waals surface area contributed by atoms with Crippen LogP contribution in [0.25, 0.3) is 0 Å². The number of halogens is 2. The number of nitrogens with one attached hydrogen (secondary N) is 1. The maximum atomic E-state index is 13.6. The average Bonchev–Trinajstić information content (AvgIpc) is 2.58. The second-order valence-electron chi connectivity index (χ2n) is 6.29. The largest absolute Gasteiger partial charge is 0.324 e. The molecule has 0 saturated carbocycles. The summed E-state index contributed by atoms with van der Waals surface area (Å²) in [6.45, 7) is 5.17. The molecule has 0 bridgehead atoms. The molecular formula is C19H22F2N2O3S. The van der Waals surface area contributed by atoms with Gasteiger partial charge in [-0.2, -0.15) is 0 Å². The zero-order chi connectivity index (χ0) is 20.4. The Hall–Kier alpha value is -2.48. The molecule has 27 heavy (non-hydrogen) atoms. The third kappa shape index (κ3) is 4.63. The van der Waals surface area contributed by atoms with E-state index in [2.05, 4.69) is 5.32 Å². The maximum Gasteiger partial charge on any atom is 0.248 e. The van der Waals surface area contributed by atoms with Gasteiger partial charge in [-0.25, -0.2) is 17.2 Å². The van der Waals surface area contributed by atoms with Gasteiger partial charge in [0.2, 0.25) is 15.9 Å². The van der Waals surface area contributed by atoms with Crippen molar-refractivity contribution < 1.29 is 22.0 Å². The van der Waals surface area contributed by atoms with Gasteiger partial charge in [-0.1, -0.05) is 25.1 Å². The molecule has 146 valence electrons. The number of carbonyl (C=O) groups is 1. The quantitative estimate of drug-likeness (QED) is 0.811. The van der Waals surface area contributed by atoms with Crippen molar-refractivity contribution in [2.75, 3.05) is 15.9 Å². The second kappa shape index (κ2) is 8.04. The van der Waals surface area contributed by atoms with Crippen LogP contribution in [0.4, 0.5) is 20.2 Å². The van der Waals surface area contributed by atoms with Gasteiger partial charge in [-0.15, -0.1) is 0 Å². The summed E-state index contributed by atoms with van der Waals surface area (Å²) in [4.78, 5) is 12.8. The van der Waals surface area contributed by atoms with Crippen molar-refractivity contribution in [1.29, 1.82) is 0 Å². The predicted octanol–water partition coefficient (Wildman–Crippen LogP) is 3.63. The fourth-order valence-electron chi connectivity index (χ4n) is 2.86. The van der Waals surface area contributed by atoms with Crippen molar-refractivity contribution >= 4 is 27.3 Å². The molecule has 0 aliphatic carbocycles. The third-order valence-electron chi connectivity index (χ3n) is 4.23. The smallest absolute Gasteiger partial charge is 0.248 e. The number of rotatable bonds is 6. The van der Waals surface area contributed by atoms with Crippen LogP contribution in [0, 0.1) is 18.6 Å². The summed E-state index contributed by atoms with van der Waals surface area (Å²) in [6.07, 6.45) is 1.59. The number of amides is 1. The summed E-state index contributed by atoms with van der Waals surface area (Å²) in [5.74, 6) is -2.87. The molecule has 0 unspecified atom stereocenters. The van der Waals surface area contributed by atoms with E-state index >= 15 is 0 Å². The van der Waals surface area contributed by atoms with Crippen LogP contribution in [-0.4, -0.2) is 26.6 Å². The van der Waals surface area contributed by atoms with E-state index in [9.17, 15) is 22.0 Å². The van der Waals surface area contributed by atoms with Crippen LogP contribution in [0.5, 0.6) is 0 Å². The molecule has 1 atom stereocenters. The maximum absolute atomic E-state index is 13.6. The highest BCUT2D eigenvalue weighted by Crippen LogP contribution is 2.25. The van der Waals surface area contributed by atoms with Gasteiger partial charge in [-0.3, -0.25) is 9.10 Å². The monoisotopic (exact) mass is 396 g/mol. The van der Waals surface area contributed by atoms with Gasteiger partial charge in [-0.05, 0) is 43.5 Å². The molecule has 1 amide bonds. The minimum atomic E-state index is -3.93. The predicted molar refractivity (Wildman–Crippen MR) is 102 cm³/mol. The molecule has 8 heteroatoms. The number of sulfonamides is 1. The summed E-state index contributed by atoms with van der Waals surface area (Å²) < 4.78 is 52.1. The molecule has 0 saturated heterocycles. The fourth-order valence-corrected chi connectivity index (χ4v) is 4.03. The van der Waals surface area contributed by atoms with Gasteiger partial charge < -0.3 is 5.32 Å². The van der Waals surface area contributed by atoms with Crippen LogP contribution >= 0.6 is 0 Å². The van der Waals surface area contributed by atoms with Crippen LogP contribution in [0.3, 0.4) is 0 Å². The lowest BCUT2D eigenvalue weighted by atomic mass is 10.1. The lowest BCUT2D eigenvalue weighted by Gasteiger charge is -2.28. The average molecular weight is 396 g/mol. The normalized spacial score (nSPS) is 12.5. The molecule has 0 aliphatic rings. The Balaban J connectivity index is 2.40. The lowest BCUT2D eigenvalue weighted by molar-refractivity contribution is -0.116. The van der Waals surface area contributed by atoms with Crippen LogP contribution in [0.2, 0.25) is 0 Å². The zero-order valence-corrected chi connectivity index (χ0v) is 16.4. The van der Waals surface area contributed by atoms with Crippen molar-refractivity contribution in [1.82, 2.24) is 0 Å². The molecule has 0 aliphatic heterocycles. The van der Waals surface area contributed by atoms with E-state index in [1.54, 1.807) is 0 Å². The number of aryl methyl sites for hydroxylation is 2. The van der Waals surface area contributed by atoms with E-state index in [-0.39, 0.29) is 5.69 Å². The Morgan fingerprint density at radius 2 is 1.85 bits per heavy atom. The Morgan fingerprint density at radius 1 is 1.19 bits per heavy atom. The van der Waals surface area contributed by atoms with Gasteiger partial charge in [0.25, 0.3) is 0 Å². The molecule has 0 fully saturated rings.